The predicted molar refractivity (Wildman–Crippen MR) is 105 cm³/mol. The zero-order valence-electron chi connectivity index (χ0n) is 15.9. The van der Waals surface area contributed by atoms with Gasteiger partial charge >= 0.3 is 0 Å². The highest BCUT2D eigenvalue weighted by atomic mass is 16.2. The number of rotatable bonds is 6. The van der Waals surface area contributed by atoms with E-state index in [1.165, 1.54) is 6.92 Å². The molecule has 0 aliphatic heterocycles. The first-order valence-electron chi connectivity index (χ1n) is 8.62. The van der Waals surface area contributed by atoms with Crippen LogP contribution in [0.15, 0.2) is 48.8 Å². The Morgan fingerprint density at radius 3 is 2.44 bits per heavy atom. The average Bonchev–Trinajstić information content (AvgIpc) is 3.22. The van der Waals surface area contributed by atoms with E-state index in [2.05, 4.69) is 10.4 Å². The summed E-state index contributed by atoms with van der Waals surface area (Å²) in [5.41, 5.74) is 3.13. The van der Waals surface area contributed by atoms with Gasteiger partial charge in [0.1, 0.15) is 11.5 Å². The number of hydrogen-bond donors (Lipinski definition) is 1. The zero-order valence-corrected chi connectivity index (χ0v) is 15.9. The lowest BCUT2D eigenvalue weighted by atomic mass is 10.2. The molecule has 0 bridgehead atoms. The average molecular weight is 365 g/mol. The Balaban J connectivity index is 1.75. The molecule has 0 saturated carbocycles. The van der Waals surface area contributed by atoms with Crippen LogP contribution in [-0.4, -0.2) is 40.1 Å². The first-order chi connectivity index (χ1) is 12.8. The van der Waals surface area contributed by atoms with Crippen LogP contribution in [0.3, 0.4) is 0 Å². The van der Waals surface area contributed by atoms with Crippen LogP contribution in [-0.2, 0) is 13.6 Å². The highest BCUT2D eigenvalue weighted by Crippen LogP contribution is 2.16. The highest BCUT2D eigenvalue weighted by Gasteiger charge is 2.15. The zero-order chi connectivity index (χ0) is 19.6. The smallest absolute Gasteiger partial charge is 0.273 e. The minimum atomic E-state index is -0.283. The van der Waals surface area contributed by atoms with Gasteiger partial charge < -0.3 is 14.8 Å². The fraction of sp³-hybridized carbons (Fsp3) is 0.250. The van der Waals surface area contributed by atoms with E-state index in [1.807, 2.05) is 43.3 Å². The summed E-state index contributed by atoms with van der Waals surface area (Å²) in [7, 11) is 5.74. The van der Waals surface area contributed by atoms with Crippen LogP contribution in [0, 0.1) is 0 Å². The van der Waals surface area contributed by atoms with E-state index in [0.29, 0.717) is 23.6 Å². The molecule has 1 amide bonds. The lowest BCUT2D eigenvalue weighted by Gasteiger charge is -2.13. The maximum atomic E-state index is 12.6. The molecule has 0 unspecified atom stereocenters. The number of aryl methyl sites for hydroxylation is 1. The fourth-order valence-corrected chi connectivity index (χ4v) is 2.80. The molecular weight excluding hydrogens is 342 g/mol. The van der Waals surface area contributed by atoms with Gasteiger partial charge in [-0.05, 0) is 30.7 Å². The second-order valence-corrected chi connectivity index (χ2v) is 6.67. The monoisotopic (exact) mass is 365 g/mol. The summed E-state index contributed by atoms with van der Waals surface area (Å²) >= 11 is 0. The van der Waals surface area contributed by atoms with Gasteiger partial charge in [0.25, 0.3) is 5.91 Å². The van der Waals surface area contributed by atoms with Crippen molar-refractivity contribution in [2.24, 2.45) is 7.05 Å². The molecule has 140 valence electrons. The Hall–Kier alpha value is -3.35. The summed E-state index contributed by atoms with van der Waals surface area (Å²) in [6.07, 6.45) is 3.30. The molecule has 2 heterocycles. The number of benzene rings is 1. The first kappa shape index (κ1) is 18.4. The first-order valence-corrected chi connectivity index (χ1v) is 8.62. The van der Waals surface area contributed by atoms with Crippen LogP contribution < -0.4 is 10.2 Å². The molecule has 27 heavy (non-hydrogen) atoms. The molecule has 7 nitrogen and oxygen atoms in total. The van der Waals surface area contributed by atoms with Crippen molar-refractivity contribution in [2.45, 2.75) is 13.5 Å². The van der Waals surface area contributed by atoms with Crippen molar-refractivity contribution in [2.75, 3.05) is 24.3 Å². The number of aromatic nitrogens is 3. The van der Waals surface area contributed by atoms with Crippen LogP contribution in [0.25, 0.3) is 0 Å². The lowest BCUT2D eigenvalue weighted by molar-refractivity contribution is 0.101. The van der Waals surface area contributed by atoms with Gasteiger partial charge in [-0.15, -0.1) is 0 Å². The van der Waals surface area contributed by atoms with Gasteiger partial charge in [0.15, 0.2) is 5.78 Å². The number of amides is 1. The quantitative estimate of drug-likeness (QED) is 0.682. The van der Waals surface area contributed by atoms with E-state index in [9.17, 15) is 9.59 Å². The number of nitrogens with zero attached hydrogens (tertiary/aromatic N) is 4. The summed E-state index contributed by atoms with van der Waals surface area (Å²) in [5, 5.41) is 7.17. The van der Waals surface area contributed by atoms with E-state index in [0.717, 1.165) is 11.3 Å². The molecule has 0 aliphatic carbocycles. The minimum absolute atomic E-state index is 0.0733. The van der Waals surface area contributed by atoms with Crippen LogP contribution in [0.4, 0.5) is 11.5 Å². The summed E-state index contributed by atoms with van der Waals surface area (Å²) in [5.74, 6) is 0.243. The van der Waals surface area contributed by atoms with Crippen LogP contribution in [0.1, 0.15) is 33.3 Å². The number of hydrogen-bond acceptors (Lipinski definition) is 4. The van der Waals surface area contributed by atoms with E-state index in [1.54, 1.807) is 40.8 Å². The van der Waals surface area contributed by atoms with Crippen molar-refractivity contribution in [3.05, 3.63) is 65.6 Å². The second-order valence-electron chi connectivity index (χ2n) is 6.67. The Morgan fingerprint density at radius 2 is 1.85 bits per heavy atom. The third kappa shape index (κ3) is 4.08. The molecule has 0 aliphatic rings. The number of ketones is 1. The van der Waals surface area contributed by atoms with Crippen molar-refractivity contribution in [3.63, 3.8) is 0 Å². The molecule has 0 spiro atoms. The van der Waals surface area contributed by atoms with Gasteiger partial charge in [-0.1, -0.05) is 12.1 Å². The van der Waals surface area contributed by atoms with Crippen molar-refractivity contribution >= 4 is 23.2 Å². The van der Waals surface area contributed by atoms with Crippen molar-refractivity contribution in [1.29, 1.82) is 0 Å². The van der Waals surface area contributed by atoms with Gasteiger partial charge in [-0.25, -0.2) is 4.68 Å². The molecule has 3 rings (SSSR count). The van der Waals surface area contributed by atoms with Crippen molar-refractivity contribution in [1.82, 2.24) is 14.3 Å². The summed E-state index contributed by atoms with van der Waals surface area (Å²) in [6.45, 7) is 2.02. The van der Waals surface area contributed by atoms with Crippen LogP contribution >= 0.6 is 0 Å². The van der Waals surface area contributed by atoms with E-state index < -0.39 is 0 Å². The summed E-state index contributed by atoms with van der Waals surface area (Å²) < 4.78 is 3.38. The third-order valence-corrected chi connectivity index (χ3v) is 4.39. The number of anilines is 2. The Labute approximate surface area is 158 Å². The summed E-state index contributed by atoms with van der Waals surface area (Å²) in [4.78, 5) is 26.2. The number of nitrogens with one attached hydrogen (secondary N) is 1. The molecule has 0 radical (unpaired) electrons. The maximum Gasteiger partial charge on any atom is 0.273 e. The Morgan fingerprint density at radius 1 is 1.15 bits per heavy atom. The molecule has 0 saturated heterocycles. The SMILES string of the molecule is CC(=O)c1cc(C(=O)Nc2ccnn2Cc2ccc(N(C)C)cc2)n(C)c1. The predicted octanol–water partition coefficient (Wildman–Crippen LogP) is 2.79. The van der Waals surface area contributed by atoms with Crippen molar-refractivity contribution < 1.29 is 9.59 Å². The number of carbonyl (C=O) groups is 2. The molecule has 2 aromatic heterocycles. The molecule has 3 aromatic rings. The minimum Gasteiger partial charge on any atom is -0.378 e. The topological polar surface area (TPSA) is 72.2 Å². The van der Waals surface area contributed by atoms with Gasteiger partial charge in [-0.2, -0.15) is 5.10 Å². The molecule has 1 N–H and O–H groups in total. The fourth-order valence-electron chi connectivity index (χ4n) is 2.80. The molecule has 7 heteroatoms. The summed E-state index contributed by atoms with van der Waals surface area (Å²) in [6, 6.07) is 11.5. The van der Waals surface area contributed by atoms with Gasteiger partial charge in [0.2, 0.25) is 0 Å². The Kier molecular flexibility index (Phi) is 5.12. The van der Waals surface area contributed by atoms with E-state index in [4.69, 9.17) is 0 Å². The molecule has 0 fully saturated rings. The van der Waals surface area contributed by atoms with Crippen LogP contribution in [0.2, 0.25) is 0 Å². The normalized spacial score (nSPS) is 10.7. The van der Waals surface area contributed by atoms with E-state index >= 15 is 0 Å². The second kappa shape index (κ2) is 7.49. The number of Topliss-reactive ketones (excluding diaryl/α,β-unsaturated/α-hetero) is 1. The van der Waals surface area contributed by atoms with Gasteiger partial charge in [0.05, 0.1) is 12.7 Å². The lowest BCUT2D eigenvalue weighted by Crippen LogP contribution is -2.18. The van der Waals surface area contributed by atoms with Crippen LogP contribution in [0.5, 0.6) is 0 Å². The van der Waals surface area contributed by atoms with Gasteiger partial charge in [-0.3, -0.25) is 9.59 Å². The molecule has 0 atom stereocenters. The largest absolute Gasteiger partial charge is 0.378 e. The Bertz CT molecular complexity index is 967. The maximum absolute atomic E-state index is 12.6. The molecule has 1 aromatic carbocycles. The van der Waals surface area contributed by atoms with E-state index in [-0.39, 0.29) is 11.7 Å². The number of carbonyl (C=O) groups excluding carboxylic acids is 2. The van der Waals surface area contributed by atoms with Gasteiger partial charge in [0, 0.05) is 44.7 Å². The molecular formula is C20H23N5O2. The highest BCUT2D eigenvalue weighted by molar-refractivity contribution is 6.05. The standard InChI is InChI=1S/C20H23N5O2/c1-14(26)16-11-18(24(4)13-16)20(27)22-19-9-10-21-25(19)12-15-5-7-17(8-6-15)23(2)3/h5-11,13H,12H2,1-4H3,(H,22,27). The third-order valence-electron chi connectivity index (χ3n) is 4.39. The van der Waals surface area contributed by atoms with Crippen molar-refractivity contribution in [3.8, 4) is 0 Å².